The summed E-state index contributed by atoms with van der Waals surface area (Å²) in [6, 6.07) is 8.64. The van der Waals surface area contributed by atoms with E-state index in [0.717, 1.165) is 10.4 Å². The van der Waals surface area contributed by atoms with E-state index in [1.54, 1.807) is 0 Å². The highest BCUT2D eigenvalue weighted by molar-refractivity contribution is 9.10. The Morgan fingerprint density at radius 1 is 1.15 bits per heavy atom. The number of nitrogens with two attached hydrogens (primary N) is 1. The maximum absolute atomic E-state index is 12.2. The number of carbonyl (C=O) groups excluding carboxylic acids is 2. The third-order valence-corrected chi connectivity index (χ3v) is 4.03. The van der Waals surface area contributed by atoms with E-state index >= 15 is 0 Å². The number of halogens is 4. The lowest BCUT2D eigenvalue weighted by Gasteiger charge is -2.17. The maximum atomic E-state index is 12.2. The number of benzene rings is 2. The van der Waals surface area contributed by atoms with Crippen LogP contribution in [0.1, 0.15) is 10.4 Å². The first-order valence-electron chi connectivity index (χ1n) is 6.82. The van der Waals surface area contributed by atoms with Gasteiger partial charge in [0.05, 0.1) is 10.2 Å². The lowest BCUT2D eigenvalue weighted by atomic mass is 10.2. The van der Waals surface area contributed by atoms with Crippen LogP contribution in [0.2, 0.25) is 0 Å². The summed E-state index contributed by atoms with van der Waals surface area (Å²) in [4.78, 5) is 23.2. The minimum Gasteiger partial charge on any atom is -0.405 e. The number of nitrogens with one attached hydrogen (secondary N) is 1. The molecule has 2 aromatic rings. The molecule has 11 heteroatoms. The van der Waals surface area contributed by atoms with Gasteiger partial charge in [-0.15, -0.1) is 13.2 Å². The Morgan fingerprint density at radius 3 is 2.27 bits per heavy atom. The predicted octanol–water partition coefficient (Wildman–Crippen LogP) is 4.33. The predicted molar refractivity (Wildman–Crippen MR) is 96.3 cm³/mol. The summed E-state index contributed by atoms with van der Waals surface area (Å²) in [6.07, 6.45) is -4.83. The minimum absolute atomic E-state index is 0.00384. The van der Waals surface area contributed by atoms with Gasteiger partial charge < -0.3 is 15.8 Å². The van der Waals surface area contributed by atoms with Crippen molar-refractivity contribution >= 4 is 52.1 Å². The zero-order valence-corrected chi connectivity index (χ0v) is 15.2. The summed E-state index contributed by atoms with van der Waals surface area (Å²) in [5, 5.41) is 2.46. The van der Waals surface area contributed by atoms with Gasteiger partial charge in [0.15, 0.2) is 0 Å². The molecule has 0 aliphatic carbocycles. The lowest BCUT2D eigenvalue weighted by molar-refractivity contribution is -0.274. The minimum atomic E-state index is -4.83. The molecule has 0 aliphatic rings. The van der Waals surface area contributed by atoms with Crippen LogP contribution in [0.25, 0.3) is 0 Å². The normalized spacial score (nSPS) is 11.0. The van der Waals surface area contributed by atoms with Crippen LogP contribution in [-0.2, 0) is 0 Å². The standard InChI is InChI=1S/C15H11BrF3N3O3S/c16-11-7-9(3-6-12(11)25-15(17,18)19)21-14(24)22(26)10-4-1-8(2-5-10)13(20)23/h1-7,26H,(H2,20,23)(H,21,24). The second-order valence-corrected chi connectivity index (χ2v) is 6.10. The number of urea groups is 1. The van der Waals surface area contributed by atoms with Gasteiger partial charge >= 0.3 is 12.4 Å². The van der Waals surface area contributed by atoms with E-state index < -0.39 is 24.1 Å². The molecular weight excluding hydrogens is 439 g/mol. The smallest absolute Gasteiger partial charge is 0.405 e. The van der Waals surface area contributed by atoms with E-state index in [1.807, 2.05) is 0 Å². The van der Waals surface area contributed by atoms with Crippen molar-refractivity contribution in [3.05, 3.63) is 52.5 Å². The maximum Gasteiger partial charge on any atom is 0.573 e. The third-order valence-electron chi connectivity index (χ3n) is 3.00. The number of primary amides is 1. The number of rotatable bonds is 4. The van der Waals surface area contributed by atoms with Crippen LogP contribution in [0.3, 0.4) is 0 Å². The molecule has 0 unspecified atom stereocenters. The van der Waals surface area contributed by atoms with Gasteiger partial charge in [-0.25, -0.2) is 9.10 Å². The van der Waals surface area contributed by atoms with Crippen LogP contribution in [-0.4, -0.2) is 18.3 Å². The van der Waals surface area contributed by atoms with Crippen molar-refractivity contribution < 1.29 is 27.5 Å². The Labute approximate surface area is 159 Å². The van der Waals surface area contributed by atoms with Crippen molar-refractivity contribution in [3.8, 4) is 5.75 Å². The molecular formula is C15H11BrF3N3O3S. The summed E-state index contributed by atoms with van der Waals surface area (Å²) in [6.45, 7) is 0. The highest BCUT2D eigenvalue weighted by Gasteiger charge is 2.32. The van der Waals surface area contributed by atoms with Crippen molar-refractivity contribution in [3.63, 3.8) is 0 Å². The molecule has 0 saturated carbocycles. The zero-order valence-electron chi connectivity index (χ0n) is 12.7. The summed E-state index contributed by atoms with van der Waals surface area (Å²) in [7, 11) is 0. The van der Waals surface area contributed by atoms with Gasteiger partial charge in [0.25, 0.3) is 0 Å². The largest absolute Gasteiger partial charge is 0.573 e. The second-order valence-electron chi connectivity index (χ2n) is 4.85. The number of nitrogens with zero attached hydrogens (tertiary/aromatic N) is 1. The molecule has 2 rings (SSSR count). The molecule has 0 saturated heterocycles. The molecule has 0 heterocycles. The van der Waals surface area contributed by atoms with Crippen LogP contribution in [0.5, 0.6) is 5.75 Å². The van der Waals surface area contributed by atoms with E-state index in [1.165, 1.54) is 36.4 Å². The first kappa shape index (κ1) is 19.9. The molecule has 3 N–H and O–H groups in total. The van der Waals surface area contributed by atoms with Crippen LogP contribution in [0, 0.1) is 0 Å². The number of hydrogen-bond donors (Lipinski definition) is 3. The van der Waals surface area contributed by atoms with Crippen LogP contribution in [0.4, 0.5) is 29.3 Å². The third kappa shape index (κ3) is 5.30. The zero-order chi connectivity index (χ0) is 19.5. The topological polar surface area (TPSA) is 84.7 Å². The van der Waals surface area contributed by atoms with Crippen molar-refractivity contribution in [2.45, 2.75) is 6.36 Å². The van der Waals surface area contributed by atoms with E-state index in [0.29, 0.717) is 5.69 Å². The Bertz CT molecular complexity index is 831. The van der Waals surface area contributed by atoms with Gasteiger partial charge in [0.1, 0.15) is 5.75 Å². The molecule has 3 amide bonds. The van der Waals surface area contributed by atoms with E-state index in [9.17, 15) is 22.8 Å². The summed E-state index contributed by atoms with van der Waals surface area (Å²) >= 11 is 6.99. The lowest BCUT2D eigenvalue weighted by Crippen LogP contribution is -2.26. The van der Waals surface area contributed by atoms with Crippen LogP contribution >= 0.6 is 28.7 Å². The Morgan fingerprint density at radius 2 is 1.77 bits per heavy atom. The molecule has 0 spiro atoms. The fourth-order valence-corrected chi connectivity index (χ4v) is 2.49. The van der Waals surface area contributed by atoms with E-state index in [4.69, 9.17) is 5.73 Å². The molecule has 0 atom stereocenters. The molecule has 0 aromatic heterocycles. The average molecular weight is 450 g/mol. The van der Waals surface area contributed by atoms with E-state index in [-0.39, 0.29) is 15.7 Å². The Kier molecular flexibility index (Phi) is 6.03. The number of carbonyl (C=O) groups is 2. The first-order chi connectivity index (χ1) is 12.1. The van der Waals surface area contributed by atoms with Crippen LogP contribution in [0.15, 0.2) is 46.9 Å². The van der Waals surface area contributed by atoms with Crippen molar-refractivity contribution in [2.24, 2.45) is 5.73 Å². The van der Waals surface area contributed by atoms with E-state index in [2.05, 4.69) is 38.8 Å². The number of alkyl halides is 3. The molecule has 6 nitrogen and oxygen atoms in total. The summed E-state index contributed by atoms with van der Waals surface area (Å²) in [5.74, 6) is -1.06. The highest BCUT2D eigenvalue weighted by Crippen LogP contribution is 2.32. The molecule has 0 radical (unpaired) electrons. The van der Waals surface area contributed by atoms with Gasteiger partial charge in [0.2, 0.25) is 5.91 Å². The molecule has 2 aromatic carbocycles. The van der Waals surface area contributed by atoms with Gasteiger partial charge in [0, 0.05) is 11.3 Å². The highest BCUT2D eigenvalue weighted by atomic mass is 79.9. The van der Waals surface area contributed by atoms with Crippen molar-refractivity contribution in [1.29, 1.82) is 0 Å². The molecule has 0 aliphatic heterocycles. The fraction of sp³-hybridized carbons (Fsp3) is 0.0667. The number of ether oxygens (including phenoxy) is 1. The fourth-order valence-electron chi connectivity index (χ4n) is 1.85. The number of amides is 3. The summed E-state index contributed by atoms with van der Waals surface area (Å²) in [5.41, 5.74) is 5.96. The first-order valence-corrected chi connectivity index (χ1v) is 8.01. The second kappa shape index (κ2) is 7.87. The monoisotopic (exact) mass is 449 g/mol. The van der Waals surface area contributed by atoms with Gasteiger partial charge in [-0.3, -0.25) is 4.79 Å². The SMILES string of the molecule is NC(=O)c1ccc(N(S)C(=O)Nc2ccc(OC(F)(F)F)c(Br)c2)cc1. The molecule has 0 bridgehead atoms. The number of anilines is 2. The Balaban J connectivity index is 2.09. The van der Waals surface area contributed by atoms with Gasteiger partial charge in [-0.1, -0.05) is 12.8 Å². The molecule has 138 valence electrons. The molecule has 0 fully saturated rings. The van der Waals surface area contributed by atoms with Crippen molar-refractivity contribution in [2.75, 3.05) is 9.62 Å². The number of thiol groups is 1. The van der Waals surface area contributed by atoms with Crippen LogP contribution < -0.4 is 20.1 Å². The van der Waals surface area contributed by atoms with Crippen molar-refractivity contribution in [1.82, 2.24) is 0 Å². The van der Waals surface area contributed by atoms with Gasteiger partial charge in [-0.2, -0.15) is 0 Å². The van der Waals surface area contributed by atoms with Gasteiger partial charge in [-0.05, 0) is 58.4 Å². The Hall–Kier alpha value is -2.40. The summed E-state index contributed by atoms with van der Waals surface area (Å²) < 4.78 is 41.5. The molecule has 26 heavy (non-hydrogen) atoms. The quantitative estimate of drug-likeness (QED) is 0.607. The number of hydrogen-bond acceptors (Lipinski definition) is 4. The average Bonchev–Trinajstić information content (AvgIpc) is 2.55.